The molecule has 0 N–H and O–H groups in total. The van der Waals surface area contributed by atoms with Crippen molar-refractivity contribution in [3.63, 3.8) is 0 Å². The summed E-state index contributed by atoms with van der Waals surface area (Å²) in [5.41, 5.74) is 2.01. The number of carbonyl (C=O) groups is 1. The minimum absolute atomic E-state index is 0.167. The highest BCUT2D eigenvalue weighted by Crippen LogP contribution is 2.43. The van der Waals surface area contributed by atoms with Gasteiger partial charge in [-0.2, -0.15) is 5.26 Å². The van der Waals surface area contributed by atoms with Crippen molar-refractivity contribution < 1.29 is 14.3 Å². The van der Waals surface area contributed by atoms with Gasteiger partial charge in [-0.3, -0.25) is 4.79 Å². The zero-order chi connectivity index (χ0) is 18.4. The predicted octanol–water partition coefficient (Wildman–Crippen LogP) is 4.38. The number of ether oxygens (including phenoxy) is 2. The summed E-state index contributed by atoms with van der Waals surface area (Å²) in [5, 5.41) is 9.75. The Morgan fingerprint density at radius 2 is 2.08 bits per heavy atom. The van der Waals surface area contributed by atoms with Crippen molar-refractivity contribution in [3.05, 3.63) is 35.4 Å². The number of hydrogen-bond donors (Lipinski definition) is 0. The molecule has 4 nitrogen and oxygen atoms in total. The van der Waals surface area contributed by atoms with Crippen LogP contribution < -0.4 is 0 Å². The summed E-state index contributed by atoms with van der Waals surface area (Å²) < 4.78 is 11.2. The number of aryl methyl sites for hydroxylation is 1. The maximum Gasteiger partial charge on any atom is 0.323 e. The first-order chi connectivity index (χ1) is 11.9. The number of esters is 1. The molecule has 0 aliphatic carbocycles. The highest BCUT2D eigenvalue weighted by atomic mass is 16.5. The van der Waals surface area contributed by atoms with E-state index in [9.17, 15) is 10.1 Å². The summed E-state index contributed by atoms with van der Waals surface area (Å²) in [4.78, 5) is 12.5. The van der Waals surface area contributed by atoms with E-state index in [2.05, 4.69) is 19.9 Å². The maximum atomic E-state index is 12.5. The molecular formula is C21H29NO3. The van der Waals surface area contributed by atoms with E-state index in [4.69, 9.17) is 9.47 Å². The first-order valence-electron chi connectivity index (χ1n) is 9.21. The van der Waals surface area contributed by atoms with E-state index in [1.165, 1.54) is 0 Å². The first-order valence-corrected chi connectivity index (χ1v) is 9.21. The lowest BCUT2D eigenvalue weighted by Gasteiger charge is -2.41. The molecule has 1 aromatic carbocycles. The van der Waals surface area contributed by atoms with E-state index in [1.807, 2.05) is 31.2 Å². The predicted molar refractivity (Wildman–Crippen MR) is 97.0 cm³/mol. The molecule has 1 aliphatic rings. The fourth-order valence-corrected chi connectivity index (χ4v) is 3.76. The molecule has 0 unspecified atom stereocenters. The monoisotopic (exact) mass is 343 g/mol. The fraction of sp³-hybridized carbons (Fsp3) is 0.619. The SMILES string of the molecule is CCOC(=O)[C@H](C#N)[C@H](c1ccc(C)cc1)[C@H]1CCO[C@@](C)(CC)C1. The number of rotatable bonds is 6. The average molecular weight is 343 g/mol. The molecule has 1 aliphatic heterocycles. The van der Waals surface area contributed by atoms with E-state index in [-0.39, 0.29) is 24.0 Å². The summed E-state index contributed by atoms with van der Waals surface area (Å²) in [5.74, 6) is -1.15. The Morgan fingerprint density at radius 3 is 2.64 bits per heavy atom. The van der Waals surface area contributed by atoms with E-state index in [1.54, 1.807) is 6.92 Å². The highest BCUT2D eigenvalue weighted by molar-refractivity contribution is 5.76. The van der Waals surface area contributed by atoms with Crippen molar-refractivity contribution in [3.8, 4) is 6.07 Å². The van der Waals surface area contributed by atoms with E-state index in [0.717, 1.165) is 30.4 Å². The van der Waals surface area contributed by atoms with Gasteiger partial charge in [0, 0.05) is 12.5 Å². The van der Waals surface area contributed by atoms with Crippen molar-refractivity contribution in [2.75, 3.05) is 13.2 Å². The molecule has 4 atom stereocenters. The van der Waals surface area contributed by atoms with Gasteiger partial charge in [-0.15, -0.1) is 0 Å². The van der Waals surface area contributed by atoms with Crippen LogP contribution in [0, 0.1) is 30.1 Å². The Bertz CT molecular complexity index is 619. The van der Waals surface area contributed by atoms with Gasteiger partial charge in [-0.25, -0.2) is 0 Å². The molecule has 4 heteroatoms. The second-order valence-electron chi connectivity index (χ2n) is 7.20. The molecule has 136 valence electrons. The number of benzene rings is 1. The lowest BCUT2D eigenvalue weighted by Crippen LogP contribution is -2.40. The van der Waals surface area contributed by atoms with Gasteiger partial charge in [0.2, 0.25) is 0 Å². The smallest absolute Gasteiger partial charge is 0.323 e. The first kappa shape index (κ1) is 19.5. The maximum absolute atomic E-state index is 12.5. The topological polar surface area (TPSA) is 59.3 Å². The van der Waals surface area contributed by atoms with Gasteiger partial charge in [0.15, 0.2) is 5.92 Å². The summed E-state index contributed by atoms with van der Waals surface area (Å²) in [7, 11) is 0. The van der Waals surface area contributed by atoms with Crippen LogP contribution in [-0.2, 0) is 14.3 Å². The molecule has 0 amide bonds. The van der Waals surface area contributed by atoms with Crippen molar-refractivity contribution in [2.45, 2.75) is 58.5 Å². The highest BCUT2D eigenvalue weighted by Gasteiger charge is 2.42. The van der Waals surface area contributed by atoms with Gasteiger partial charge in [-0.1, -0.05) is 36.8 Å². The number of nitriles is 1. The van der Waals surface area contributed by atoms with Crippen LogP contribution in [-0.4, -0.2) is 24.8 Å². The van der Waals surface area contributed by atoms with Gasteiger partial charge < -0.3 is 9.47 Å². The Balaban J connectivity index is 2.39. The minimum Gasteiger partial charge on any atom is -0.465 e. The zero-order valence-electron chi connectivity index (χ0n) is 15.7. The van der Waals surface area contributed by atoms with Gasteiger partial charge in [0.1, 0.15) is 0 Å². The molecule has 1 fully saturated rings. The zero-order valence-corrected chi connectivity index (χ0v) is 15.7. The third kappa shape index (κ3) is 4.61. The third-order valence-corrected chi connectivity index (χ3v) is 5.39. The van der Waals surface area contributed by atoms with Crippen LogP contribution in [0.25, 0.3) is 0 Å². The molecule has 2 rings (SSSR count). The van der Waals surface area contributed by atoms with Crippen LogP contribution in [0.4, 0.5) is 0 Å². The van der Waals surface area contributed by atoms with Crippen molar-refractivity contribution in [1.29, 1.82) is 5.26 Å². The van der Waals surface area contributed by atoms with Crippen LogP contribution in [0.2, 0.25) is 0 Å². The van der Waals surface area contributed by atoms with Crippen molar-refractivity contribution in [1.82, 2.24) is 0 Å². The lowest BCUT2D eigenvalue weighted by atomic mass is 9.70. The molecular weight excluding hydrogens is 314 g/mol. The molecule has 0 aromatic heterocycles. The Labute approximate surface area is 151 Å². The minimum atomic E-state index is -0.785. The number of nitrogens with zero attached hydrogens (tertiary/aromatic N) is 1. The Kier molecular flexibility index (Phi) is 6.61. The number of carbonyl (C=O) groups excluding carboxylic acids is 1. The molecule has 0 radical (unpaired) electrons. The quantitative estimate of drug-likeness (QED) is 0.719. The Morgan fingerprint density at radius 1 is 1.40 bits per heavy atom. The Hall–Kier alpha value is -1.86. The summed E-state index contributed by atoms with van der Waals surface area (Å²) in [6.45, 7) is 9.01. The second kappa shape index (κ2) is 8.49. The molecule has 0 spiro atoms. The van der Waals surface area contributed by atoms with E-state index in [0.29, 0.717) is 6.61 Å². The molecule has 1 heterocycles. The largest absolute Gasteiger partial charge is 0.465 e. The average Bonchev–Trinajstić information content (AvgIpc) is 2.61. The molecule has 25 heavy (non-hydrogen) atoms. The molecule has 0 bridgehead atoms. The second-order valence-corrected chi connectivity index (χ2v) is 7.20. The van der Waals surface area contributed by atoms with Gasteiger partial charge >= 0.3 is 5.97 Å². The fourth-order valence-electron chi connectivity index (χ4n) is 3.76. The lowest BCUT2D eigenvalue weighted by molar-refractivity contribution is -0.148. The summed E-state index contributed by atoms with van der Waals surface area (Å²) in [6.07, 6.45) is 2.62. The number of hydrogen-bond acceptors (Lipinski definition) is 4. The van der Waals surface area contributed by atoms with Crippen molar-refractivity contribution in [2.24, 2.45) is 11.8 Å². The standard InChI is InChI=1S/C21H29NO3/c1-5-21(4)13-17(11-12-25-21)19(16-9-7-15(3)8-10-16)18(14-22)20(23)24-6-2/h7-10,17-19H,5-6,11-13H2,1-4H3/t17-,18+,19+,21-/m0/s1. The van der Waals surface area contributed by atoms with Crippen LogP contribution in [0.5, 0.6) is 0 Å². The summed E-state index contributed by atoms with van der Waals surface area (Å²) >= 11 is 0. The van der Waals surface area contributed by atoms with Crippen LogP contribution >= 0.6 is 0 Å². The van der Waals surface area contributed by atoms with Crippen molar-refractivity contribution >= 4 is 5.97 Å². The van der Waals surface area contributed by atoms with Gasteiger partial charge in [0.05, 0.1) is 18.3 Å². The van der Waals surface area contributed by atoms with E-state index < -0.39 is 11.9 Å². The molecule has 1 aromatic rings. The molecule has 1 saturated heterocycles. The molecule has 0 saturated carbocycles. The third-order valence-electron chi connectivity index (χ3n) is 5.39. The normalized spacial score (nSPS) is 25.6. The summed E-state index contributed by atoms with van der Waals surface area (Å²) in [6, 6.07) is 10.4. The van der Waals surface area contributed by atoms with Crippen LogP contribution in [0.1, 0.15) is 57.1 Å². The van der Waals surface area contributed by atoms with Crippen LogP contribution in [0.3, 0.4) is 0 Å². The van der Waals surface area contributed by atoms with Gasteiger partial charge in [0.25, 0.3) is 0 Å². The van der Waals surface area contributed by atoms with Gasteiger partial charge in [-0.05, 0) is 51.5 Å². The van der Waals surface area contributed by atoms with E-state index >= 15 is 0 Å². The van der Waals surface area contributed by atoms with Crippen LogP contribution in [0.15, 0.2) is 24.3 Å².